The predicted octanol–water partition coefficient (Wildman–Crippen LogP) is 2.68. The van der Waals surface area contributed by atoms with Gasteiger partial charge in [0.05, 0.1) is 17.3 Å². The number of carboxylic acid groups (broad SMARTS) is 1. The molecule has 0 saturated carbocycles. The van der Waals surface area contributed by atoms with E-state index in [1.807, 2.05) is 0 Å². The molecule has 0 aliphatic carbocycles. The highest BCUT2D eigenvalue weighted by molar-refractivity contribution is 5.89. The molecule has 102 valence electrons. The zero-order valence-electron chi connectivity index (χ0n) is 10.2. The number of benzene rings is 2. The summed E-state index contributed by atoms with van der Waals surface area (Å²) >= 11 is 0. The number of fused-ring (bicyclic) bond motifs is 1. The standard InChI is InChI=1S/C14H10F2N2O2/c15-8-3-1-2-7(6-8)13-11-10(17-18-13)5-4-9(12(11)16)14(19)20/h1-6,13,17-18H,(H,19,20). The third-order valence-electron chi connectivity index (χ3n) is 3.23. The summed E-state index contributed by atoms with van der Waals surface area (Å²) < 4.78 is 27.6. The molecule has 1 aliphatic rings. The number of anilines is 1. The lowest BCUT2D eigenvalue weighted by molar-refractivity contribution is 0.0691. The lowest BCUT2D eigenvalue weighted by atomic mass is 9.96. The van der Waals surface area contributed by atoms with Crippen molar-refractivity contribution >= 4 is 11.7 Å². The van der Waals surface area contributed by atoms with E-state index in [-0.39, 0.29) is 5.56 Å². The van der Waals surface area contributed by atoms with Crippen molar-refractivity contribution in [1.82, 2.24) is 5.43 Å². The summed E-state index contributed by atoms with van der Waals surface area (Å²) in [5.41, 5.74) is 6.32. The first-order chi connectivity index (χ1) is 9.58. The first-order valence-electron chi connectivity index (χ1n) is 5.90. The van der Waals surface area contributed by atoms with E-state index in [9.17, 15) is 13.6 Å². The van der Waals surface area contributed by atoms with Crippen molar-refractivity contribution in [3.63, 3.8) is 0 Å². The molecular weight excluding hydrogens is 266 g/mol. The van der Waals surface area contributed by atoms with E-state index in [0.717, 1.165) is 0 Å². The van der Waals surface area contributed by atoms with E-state index in [1.165, 1.54) is 30.3 Å². The van der Waals surface area contributed by atoms with Crippen LogP contribution in [0.1, 0.15) is 27.5 Å². The first kappa shape index (κ1) is 12.6. The highest BCUT2D eigenvalue weighted by atomic mass is 19.1. The summed E-state index contributed by atoms with van der Waals surface area (Å²) in [6.45, 7) is 0. The van der Waals surface area contributed by atoms with Crippen molar-refractivity contribution in [3.05, 3.63) is 64.7 Å². The first-order valence-corrected chi connectivity index (χ1v) is 5.90. The van der Waals surface area contributed by atoms with Crippen molar-refractivity contribution in [2.45, 2.75) is 6.04 Å². The Morgan fingerprint density at radius 2 is 2.00 bits per heavy atom. The second kappa shape index (κ2) is 4.57. The van der Waals surface area contributed by atoms with Crippen LogP contribution in [0.5, 0.6) is 0 Å². The molecule has 1 heterocycles. The molecule has 2 aromatic carbocycles. The SMILES string of the molecule is O=C(O)c1ccc2c(c1F)C(c1cccc(F)c1)NN2. The van der Waals surface area contributed by atoms with Crippen LogP contribution in [0.3, 0.4) is 0 Å². The van der Waals surface area contributed by atoms with Crippen LogP contribution in [0.2, 0.25) is 0 Å². The molecular formula is C14H10F2N2O2. The van der Waals surface area contributed by atoms with Crippen molar-refractivity contribution < 1.29 is 18.7 Å². The maximum absolute atomic E-state index is 14.3. The number of hydrogen-bond acceptors (Lipinski definition) is 3. The Balaban J connectivity index is 2.13. The van der Waals surface area contributed by atoms with Gasteiger partial charge in [0, 0.05) is 5.56 Å². The number of carboxylic acids is 1. The summed E-state index contributed by atoms with van der Waals surface area (Å²) in [5.74, 6) is -2.59. The number of hydrogen-bond donors (Lipinski definition) is 3. The predicted molar refractivity (Wildman–Crippen MR) is 68.4 cm³/mol. The van der Waals surface area contributed by atoms with E-state index < -0.39 is 29.2 Å². The van der Waals surface area contributed by atoms with Gasteiger partial charge < -0.3 is 10.5 Å². The number of aromatic carboxylic acids is 1. The maximum Gasteiger partial charge on any atom is 0.338 e. The molecule has 0 saturated heterocycles. The van der Waals surface area contributed by atoms with E-state index in [2.05, 4.69) is 10.9 Å². The number of nitrogens with one attached hydrogen (secondary N) is 2. The molecule has 1 unspecified atom stereocenters. The molecule has 0 spiro atoms. The van der Waals surface area contributed by atoms with Crippen LogP contribution in [-0.2, 0) is 0 Å². The molecule has 0 fully saturated rings. The number of hydrazine groups is 1. The molecule has 1 atom stereocenters. The Morgan fingerprint density at radius 1 is 1.20 bits per heavy atom. The Labute approximate surface area is 113 Å². The van der Waals surface area contributed by atoms with Gasteiger partial charge in [0.15, 0.2) is 0 Å². The summed E-state index contributed by atoms with van der Waals surface area (Å²) in [6, 6.07) is 7.76. The van der Waals surface area contributed by atoms with E-state index in [4.69, 9.17) is 5.11 Å². The quantitative estimate of drug-likeness (QED) is 0.789. The lowest BCUT2D eigenvalue weighted by Gasteiger charge is -2.12. The molecule has 20 heavy (non-hydrogen) atoms. The molecule has 3 rings (SSSR count). The number of carbonyl (C=O) groups is 1. The van der Waals surface area contributed by atoms with Crippen LogP contribution in [0.25, 0.3) is 0 Å². The third-order valence-corrected chi connectivity index (χ3v) is 3.23. The highest BCUT2D eigenvalue weighted by Gasteiger charge is 2.30. The number of rotatable bonds is 2. The average molecular weight is 276 g/mol. The van der Waals surface area contributed by atoms with Crippen LogP contribution in [0.15, 0.2) is 36.4 Å². The minimum atomic E-state index is -1.34. The fourth-order valence-electron chi connectivity index (χ4n) is 2.31. The molecule has 0 radical (unpaired) electrons. The molecule has 2 aromatic rings. The van der Waals surface area contributed by atoms with Crippen molar-refractivity contribution in [2.75, 3.05) is 5.43 Å². The molecule has 6 heteroatoms. The summed E-state index contributed by atoms with van der Waals surface area (Å²) in [6.07, 6.45) is 0. The minimum Gasteiger partial charge on any atom is -0.478 e. The largest absolute Gasteiger partial charge is 0.478 e. The fourth-order valence-corrected chi connectivity index (χ4v) is 2.31. The van der Waals surface area contributed by atoms with Crippen molar-refractivity contribution in [1.29, 1.82) is 0 Å². The minimum absolute atomic E-state index is 0.176. The third kappa shape index (κ3) is 1.90. The molecule has 4 nitrogen and oxygen atoms in total. The van der Waals surface area contributed by atoms with Gasteiger partial charge in [0.25, 0.3) is 0 Å². The van der Waals surface area contributed by atoms with Gasteiger partial charge in [-0.1, -0.05) is 12.1 Å². The number of halogens is 2. The van der Waals surface area contributed by atoms with E-state index >= 15 is 0 Å². The van der Waals surface area contributed by atoms with E-state index in [1.54, 1.807) is 6.07 Å². The van der Waals surface area contributed by atoms with Crippen LogP contribution in [0, 0.1) is 11.6 Å². The smallest absolute Gasteiger partial charge is 0.338 e. The average Bonchev–Trinajstić information content (AvgIpc) is 2.83. The molecule has 3 N–H and O–H groups in total. The van der Waals surface area contributed by atoms with Gasteiger partial charge in [-0.2, -0.15) is 0 Å². The fraction of sp³-hybridized carbons (Fsp3) is 0.0714. The summed E-state index contributed by atoms with van der Waals surface area (Å²) in [5, 5.41) is 8.96. The molecule has 0 bridgehead atoms. The maximum atomic E-state index is 14.3. The Kier molecular flexibility index (Phi) is 2.87. The van der Waals surface area contributed by atoms with Crippen LogP contribution >= 0.6 is 0 Å². The van der Waals surface area contributed by atoms with Gasteiger partial charge in [-0.05, 0) is 29.8 Å². The zero-order valence-corrected chi connectivity index (χ0v) is 10.2. The van der Waals surface area contributed by atoms with Gasteiger partial charge in [-0.15, -0.1) is 0 Å². The van der Waals surface area contributed by atoms with Crippen molar-refractivity contribution in [2.24, 2.45) is 0 Å². The lowest BCUT2D eigenvalue weighted by Crippen LogP contribution is -2.20. The normalized spacial score (nSPS) is 16.6. The zero-order chi connectivity index (χ0) is 14.3. The van der Waals surface area contributed by atoms with Gasteiger partial charge in [-0.3, -0.25) is 0 Å². The molecule has 1 aliphatic heterocycles. The monoisotopic (exact) mass is 276 g/mol. The summed E-state index contributed by atoms with van der Waals surface area (Å²) in [7, 11) is 0. The summed E-state index contributed by atoms with van der Waals surface area (Å²) in [4.78, 5) is 11.0. The Bertz CT molecular complexity index is 704. The Morgan fingerprint density at radius 3 is 2.70 bits per heavy atom. The second-order valence-corrected chi connectivity index (χ2v) is 4.45. The van der Waals surface area contributed by atoms with Crippen LogP contribution in [0.4, 0.5) is 14.5 Å². The van der Waals surface area contributed by atoms with Gasteiger partial charge >= 0.3 is 5.97 Å². The van der Waals surface area contributed by atoms with E-state index in [0.29, 0.717) is 11.3 Å². The molecule has 0 amide bonds. The van der Waals surface area contributed by atoms with Crippen molar-refractivity contribution in [3.8, 4) is 0 Å². The topological polar surface area (TPSA) is 61.4 Å². The second-order valence-electron chi connectivity index (χ2n) is 4.45. The van der Waals surface area contributed by atoms with Crippen LogP contribution < -0.4 is 10.9 Å². The van der Waals surface area contributed by atoms with Crippen LogP contribution in [-0.4, -0.2) is 11.1 Å². The molecule has 0 aromatic heterocycles. The highest BCUT2D eigenvalue weighted by Crippen LogP contribution is 2.36. The van der Waals surface area contributed by atoms with Gasteiger partial charge in [0.1, 0.15) is 11.6 Å². The van der Waals surface area contributed by atoms with Gasteiger partial charge in [-0.25, -0.2) is 19.0 Å². The Hall–Kier alpha value is -2.47. The van der Waals surface area contributed by atoms with Gasteiger partial charge in [0.2, 0.25) is 0 Å².